The summed E-state index contributed by atoms with van der Waals surface area (Å²) < 4.78 is 4.11. The van der Waals surface area contributed by atoms with Crippen LogP contribution in [0, 0.1) is 5.92 Å². The number of thiophene rings is 1. The van der Waals surface area contributed by atoms with Gasteiger partial charge < -0.3 is 14.5 Å². The van der Waals surface area contributed by atoms with E-state index in [0.717, 1.165) is 31.7 Å². The van der Waals surface area contributed by atoms with Gasteiger partial charge in [-0.25, -0.2) is 0 Å². The molecule has 0 saturated carbocycles. The Hall–Kier alpha value is -3.16. The Bertz CT molecular complexity index is 1400. The molecule has 1 fully saturated rings. The van der Waals surface area contributed by atoms with E-state index in [9.17, 15) is 9.59 Å². The summed E-state index contributed by atoms with van der Waals surface area (Å²) in [4.78, 5) is 28.8. The van der Waals surface area contributed by atoms with E-state index in [1.165, 1.54) is 27.8 Å². The van der Waals surface area contributed by atoms with Crippen LogP contribution in [-0.4, -0.2) is 33.0 Å². The molecule has 0 spiro atoms. The summed E-state index contributed by atoms with van der Waals surface area (Å²) in [7, 11) is 2.11. The average Bonchev–Trinajstić information content (AvgIpc) is 3.45. The number of pyridine rings is 1. The van der Waals surface area contributed by atoms with Crippen LogP contribution in [0.15, 0.2) is 64.9 Å². The lowest BCUT2D eigenvalue weighted by Crippen LogP contribution is -2.47. The molecule has 2 unspecified atom stereocenters. The molecule has 1 aromatic carbocycles. The molecule has 3 aromatic heterocycles. The maximum absolute atomic E-state index is 13.2. The minimum atomic E-state index is -0.222. The van der Waals surface area contributed by atoms with E-state index < -0.39 is 0 Å². The Morgan fingerprint density at radius 1 is 1.09 bits per heavy atom. The first-order valence-corrected chi connectivity index (χ1v) is 12.3. The van der Waals surface area contributed by atoms with Gasteiger partial charge >= 0.3 is 0 Å². The van der Waals surface area contributed by atoms with Gasteiger partial charge in [0.05, 0.1) is 4.88 Å². The molecule has 5 heterocycles. The van der Waals surface area contributed by atoms with Gasteiger partial charge in [0.1, 0.15) is 5.69 Å². The number of anilines is 1. The van der Waals surface area contributed by atoms with E-state index in [1.54, 1.807) is 12.1 Å². The number of rotatable bonds is 4. The number of benzene rings is 1. The fourth-order valence-electron chi connectivity index (χ4n) is 5.65. The van der Waals surface area contributed by atoms with Crippen LogP contribution >= 0.6 is 11.3 Å². The lowest BCUT2D eigenvalue weighted by molar-refractivity contribution is 0.103. The molecule has 4 aromatic rings. The highest BCUT2D eigenvalue weighted by atomic mass is 32.1. The van der Waals surface area contributed by atoms with Crippen LogP contribution in [0.25, 0.3) is 10.9 Å². The smallest absolute Gasteiger partial charge is 0.274 e. The number of para-hydroxylation sites is 1. The van der Waals surface area contributed by atoms with Gasteiger partial charge in [-0.05, 0) is 47.5 Å². The topological polar surface area (TPSA) is 59.3 Å². The summed E-state index contributed by atoms with van der Waals surface area (Å²) in [5.41, 5.74) is 3.99. The van der Waals surface area contributed by atoms with Crippen LogP contribution in [0.3, 0.4) is 0 Å². The number of nitrogens with zero attached hydrogens (tertiary/aromatic N) is 3. The number of aromatic nitrogens is 2. The molecule has 2 bridgehead atoms. The van der Waals surface area contributed by atoms with Crippen molar-refractivity contribution >= 4 is 33.8 Å². The number of piperidine rings is 1. The van der Waals surface area contributed by atoms with Gasteiger partial charge in [0.2, 0.25) is 0 Å². The van der Waals surface area contributed by atoms with Crippen LogP contribution < -0.4 is 10.9 Å². The minimum absolute atomic E-state index is 0.0883. The van der Waals surface area contributed by atoms with Gasteiger partial charge in [-0.3, -0.25) is 14.5 Å². The van der Waals surface area contributed by atoms with E-state index in [1.807, 2.05) is 22.1 Å². The third kappa shape index (κ3) is 3.61. The molecule has 2 aliphatic rings. The highest BCUT2D eigenvalue weighted by Gasteiger charge is 2.35. The summed E-state index contributed by atoms with van der Waals surface area (Å²) in [6, 6.07) is 16.0. The summed E-state index contributed by atoms with van der Waals surface area (Å²) in [5, 5.41) is 5.99. The van der Waals surface area contributed by atoms with Gasteiger partial charge in [0.25, 0.3) is 11.5 Å². The van der Waals surface area contributed by atoms with Gasteiger partial charge in [-0.15, -0.1) is 11.3 Å². The zero-order valence-corrected chi connectivity index (χ0v) is 19.3. The number of amides is 1. The molecule has 6 rings (SSSR count). The van der Waals surface area contributed by atoms with Crippen LogP contribution in [-0.2, 0) is 20.1 Å². The highest BCUT2D eigenvalue weighted by molar-refractivity contribution is 7.12. The number of carbonyl (C=O) groups excluding carboxylic acids is 1. The Labute approximate surface area is 196 Å². The second-order valence-corrected chi connectivity index (χ2v) is 10.2. The Morgan fingerprint density at radius 2 is 1.97 bits per heavy atom. The number of fused-ring (bicyclic) bond motifs is 5. The molecule has 2 aliphatic heterocycles. The lowest BCUT2D eigenvalue weighted by Gasteiger charge is -2.43. The van der Waals surface area contributed by atoms with Crippen molar-refractivity contribution in [2.75, 3.05) is 18.4 Å². The average molecular weight is 459 g/mol. The summed E-state index contributed by atoms with van der Waals surface area (Å²) in [5.74, 6) is 0.550. The van der Waals surface area contributed by atoms with Gasteiger partial charge in [0.15, 0.2) is 0 Å². The fourth-order valence-corrected chi connectivity index (χ4v) is 6.27. The number of hydrogen-bond acceptors (Lipinski definition) is 4. The molecule has 33 heavy (non-hydrogen) atoms. The van der Waals surface area contributed by atoms with Crippen molar-refractivity contribution in [3.63, 3.8) is 0 Å². The summed E-state index contributed by atoms with van der Waals surface area (Å²) >= 11 is 1.37. The minimum Gasteiger partial charge on any atom is -0.350 e. The molecular weight excluding hydrogens is 432 g/mol. The van der Waals surface area contributed by atoms with Crippen molar-refractivity contribution in [3.8, 4) is 0 Å². The zero-order chi connectivity index (χ0) is 22.5. The third-order valence-electron chi connectivity index (χ3n) is 7.05. The molecule has 0 radical (unpaired) electrons. The molecule has 1 amide bonds. The van der Waals surface area contributed by atoms with Gasteiger partial charge in [0, 0.05) is 61.9 Å². The number of hydrogen-bond donors (Lipinski definition) is 1. The number of nitrogens with one attached hydrogen (secondary N) is 1. The van der Waals surface area contributed by atoms with E-state index in [4.69, 9.17) is 0 Å². The first-order valence-electron chi connectivity index (χ1n) is 11.4. The van der Waals surface area contributed by atoms with Crippen LogP contribution in [0.1, 0.15) is 33.3 Å². The lowest BCUT2D eigenvalue weighted by atomic mass is 9.83. The molecule has 7 heteroatoms. The predicted octanol–water partition coefficient (Wildman–Crippen LogP) is 4.27. The molecule has 168 valence electrons. The SMILES string of the molecule is Cn1cc(CN2CC3CC(C2)c2ccc(NC(=O)c4cccs4)c(=O)n2C3)c2ccccc21. The molecule has 1 saturated heterocycles. The fraction of sp³-hybridized carbons (Fsp3) is 0.308. The second-order valence-electron chi connectivity index (χ2n) is 9.29. The molecule has 0 aliphatic carbocycles. The van der Waals surface area contributed by atoms with Crippen molar-refractivity contribution in [2.45, 2.75) is 25.4 Å². The van der Waals surface area contributed by atoms with Crippen molar-refractivity contribution < 1.29 is 4.79 Å². The van der Waals surface area contributed by atoms with Crippen LogP contribution in [0.5, 0.6) is 0 Å². The second kappa shape index (κ2) is 8.01. The molecule has 6 nitrogen and oxygen atoms in total. The van der Waals surface area contributed by atoms with Crippen molar-refractivity contribution in [3.05, 3.63) is 86.6 Å². The predicted molar refractivity (Wildman–Crippen MR) is 132 cm³/mol. The monoisotopic (exact) mass is 458 g/mol. The molecule has 2 atom stereocenters. The van der Waals surface area contributed by atoms with Crippen LogP contribution in [0.4, 0.5) is 5.69 Å². The maximum Gasteiger partial charge on any atom is 0.274 e. The zero-order valence-electron chi connectivity index (χ0n) is 18.5. The van der Waals surface area contributed by atoms with Crippen molar-refractivity contribution in [1.82, 2.24) is 14.0 Å². The number of carbonyl (C=O) groups is 1. The van der Waals surface area contributed by atoms with Gasteiger partial charge in [-0.2, -0.15) is 0 Å². The first kappa shape index (κ1) is 20.4. The maximum atomic E-state index is 13.2. The van der Waals surface area contributed by atoms with Crippen molar-refractivity contribution in [1.29, 1.82) is 0 Å². The third-order valence-corrected chi connectivity index (χ3v) is 7.92. The van der Waals surface area contributed by atoms with E-state index in [2.05, 4.69) is 52.3 Å². The highest BCUT2D eigenvalue weighted by Crippen LogP contribution is 2.36. The number of likely N-dealkylation sites (tertiary alicyclic amines) is 1. The Balaban J connectivity index is 1.24. The Kier molecular flexibility index (Phi) is 4.96. The normalized spacial score (nSPS) is 20.0. The first-order chi connectivity index (χ1) is 16.1. The van der Waals surface area contributed by atoms with Crippen LogP contribution in [0.2, 0.25) is 0 Å². The largest absolute Gasteiger partial charge is 0.350 e. The quantitative estimate of drug-likeness (QED) is 0.497. The summed E-state index contributed by atoms with van der Waals surface area (Å²) in [6.45, 7) is 3.56. The number of aryl methyl sites for hydroxylation is 1. The van der Waals surface area contributed by atoms with E-state index in [-0.39, 0.29) is 11.5 Å². The van der Waals surface area contributed by atoms with E-state index in [0.29, 0.717) is 28.9 Å². The van der Waals surface area contributed by atoms with Crippen molar-refractivity contribution in [2.24, 2.45) is 13.0 Å². The van der Waals surface area contributed by atoms with E-state index >= 15 is 0 Å². The van der Waals surface area contributed by atoms with Gasteiger partial charge in [-0.1, -0.05) is 24.3 Å². The standard InChI is InChI=1S/C26H26N4O2S/c1-28-14-19(20-5-2-3-6-23(20)28)16-29-12-17-11-18(15-29)22-9-8-21(26(32)30(22)13-17)27-25(31)24-7-4-10-33-24/h2-10,14,17-18H,11-13,15-16H2,1H3,(H,27,31). The molecule has 1 N–H and O–H groups in total. The summed E-state index contributed by atoms with van der Waals surface area (Å²) in [6.07, 6.45) is 3.36. The molecular formula is C26H26N4O2S. The Morgan fingerprint density at radius 3 is 2.82 bits per heavy atom.